The van der Waals surface area contributed by atoms with Crippen molar-refractivity contribution in [2.45, 2.75) is 44.6 Å². The molecular formula is C29H37FN6O. The molecule has 2 saturated heterocycles. The lowest BCUT2D eigenvalue weighted by atomic mass is 10.1. The fraction of sp³-hybridized carbons (Fsp3) is 0.448. The molecule has 0 atom stereocenters. The molecule has 37 heavy (non-hydrogen) atoms. The fourth-order valence-corrected chi connectivity index (χ4v) is 4.80. The summed E-state index contributed by atoms with van der Waals surface area (Å²) in [5.74, 6) is 0.143. The third-order valence-corrected chi connectivity index (χ3v) is 7.04. The average molecular weight is 505 g/mol. The Morgan fingerprint density at radius 1 is 1.00 bits per heavy atom. The van der Waals surface area contributed by atoms with E-state index in [0.29, 0.717) is 17.5 Å². The number of nitrogens with zero attached hydrogens (tertiary/aromatic N) is 4. The summed E-state index contributed by atoms with van der Waals surface area (Å²) in [6.45, 7) is 4.44. The van der Waals surface area contributed by atoms with Gasteiger partial charge in [0.2, 0.25) is 0 Å². The number of rotatable bonds is 5. The van der Waals surface area contributed by atoms with Crippen molar-refractivity contribution >= 4 is 11.5 Å². The molecule has 2 fully saturated rings. The van der Waals surface area contributed by atoms with Crippen LogP contribution >= 0.6 is 0 Å². The van der Waals surface area contributed by atoms with E-state index in [1.165, 1.54) is 56.6 Å². The Labute approximate surface area is 219 Å². The third kappa shape index (κ3) is 6.88. The molecule has 0 aliphatic carbocycles. The van der Waals surface area contributed by atoms with E-state index in [1.807, 2.05) is 24.3 Å². The quantitative estimate of drug-likeness (QED) is 0.487. The predicted molar refractivity (Wildman–Crippen MR) is 147 cm³/mol. The highest BCUT2D eigenvalue weighted by Crippen LogP contribution is 2.29. The number of halogens is 1. The van der Waals surface area contributed by atoms with Crippen LogP contribution in [-0.2, 0) is 4.74 Å². The number of hydrogen-bond acceptors (Lipinski definition) is 6. The van der Waals surface area contributed by atoms with Gasteiger partial charge in [0.25, 0.3) is 0 Å². The van der Waals surface area contributed by atoms with E-state index < -0.39 is 5.82 Å². The molecule has 2 aliphatic rings. The van der Waals surface area contributed by atoms with Crippen molar-refractivity contribution in [2.75, 3.05) is 50.6 Å². The molecule has 0 bridgehead atoms. The SMILES string of the molecule is C1CCCNCC1.CNc1cc(-c2ccc(C#N)c(F)c2)n(-c2ccc(N3CCC(OC)CC3)cc2)n1. The second kappa shape index (κ2) is 13.2. The number of nitrogens with one attached hydrogen (secondary N) is 2. The Morgan fingerprint density at radius 3 is 2.27 bits per heavy atom. The average Bonchev–Trinajstić information content (AvgIpc) is 3.15. The predicted octanol–water partition coefficient (Wildman–Crippen LogP) is 5.36. The van der Waals surface area contributed by atoms with Crippen LogP contribution in [0.5, 0.6) is 0 Å². The summed E-state index contributed by atoms with van der Waals surface area (Å²) in [7, 11) is 3.57. The zero-order valence-corrected chi connectivity index (χ0v) is 21.8. The van der Waals surface area contributed by atoms with Crippen molar-refractivity contribution in [2.24, 2.45) is 0 Å². The lowest BCUT2D eigenvalue weighted by Crippen LogP contribution is -2.36. The van der Waals surface area contributed by atoms with Gasteiger partial charge < -0.3 is 20.3 Å². The van der Waals surface area contributed by atoms with Crippen LogP contribution in [0.1, 0.15) is 44.1 Å². The second-order valence-electron chi connectivity index (χ2n) is 9.49. The standard InChI is InChI=1S/C23H24FN5O.C6H13N/c1-26-23-14-22(16-3-4-17(15-25)21(24)13-16)29(27-23)19-7-5-18(6-8-19)28-11-9-20(30-2)10-12-28;1-2-4-6-7-5-3-1/h3-8,13-14,20H,9-12H2,1-2H3,(H,26,27);7H,1-6H2. The maximum absolute atomic E-state index is 14.2. The maximum atomic E-state index is 14.2. The summed E-state index contributed by atoms with van der Waals surface area (Å²) < 4.78 is 21.4. The molecule has 2 N–H and O–H groups in total. The van der Waals surface area contributed by atoms with Crippen LogP contribution in [-0.4, -0.2) is 56.2 Å². The van der Waals surface area contributed by atoms with Crippen LogP contribution in [0.4, 0.5) is 15.9 Å². The Hall–Kier alpha value is -3.41. The van der Waals surface area contributed by atoms with E-state index >= 15 is 0 Å². The number of benzene rings is 2. The minimum Gasteiger partial charge on any atom is -0.381 e. The first-order valence-electron chi connectivity index (χ1n) is 13.2. The summed E-state index contributed by atoms with van der Waals surface area (Å²) >= 11 is 0. The first-order chi connectivity index (χ1) is 18.1. The molecule has 3 heterocycles. The summed E-state index contributed by atoms with van der Waals surface area (Å²) in [6, 6.07) is 16.6. The minimum atomic E-state index is -0.538. The molecule has 0 saturated carbocycles. The van der Waals surface area contributed by atoms with Crippen molar-refractivity contribution in [1.29, 1.82) is 5.26 Å². The van der Waals surface area contributed by atoms with E-state index in [0.717, 1.165) is 37.3 Å². The van der Waals surface area contributed by atoms with E-state index in [9.17, 15) is 4.39 Å². The molecular weight excluding hydrogens is 467 g/mol. The number of aromatic nitrogens is 2. The van der Waals surface area contributed by atoms with Crippen molar-refractivity contribution in [3.63, 3.8) is 0 Å². The fourth-order valence-electron chi connectivity index (χ4n) is 4.80. The largest absolute Gasteiger partial charge is 0.381 e. The van der Waals surface area contributed by atoms with Crippen LogP contribution in [0.15, 0.2) is 48.5 Å². The maximum Gasteiger partial charge on any atom is 0.148 e. The van der Waals surface area contributed by atoms with Crippen LogP contribution in [0.3, 0.4) is 0 Å². The topological polar surface area (TPSA) is 78.1 Å². The van der Waals surface area contributed by atoms with Gasteiger partial charge in [-0.2, -0.15) is 5.26 Å². The number of methoxy groups -OCH3 is 1. The van der Waals surface area contributed by atoms with Crippen LogP contribution in [0.2, 0.25) is 0 Å². The van der Waals surface area contributed by atoms with Crippen molar-refractivity contribution in [3.05, 3.63) is 59.9 Å². The van der Waals surface area contributed by atoms with Crippen molar-refractivity contribution in [3.8, 4) is 23.0 Å². The summed E-state index contributed by atoms with van der Waals surface area (Å²) in [5, 5.41) is 20.0. The highest BCUT2D eigenvalue weighted by atomic mass is 19.1. The number of piperidine rings is 1. The summed E-state index contributed by atoms with van der Waals surface area (Å²) in [4.78, 5) is 2.36. The molecule has 2 aliphatic heterocycles. The molecule has 0 amide bonds. The molecule has 0 spiro atoms. The lowest BCUT2D eigenvalue weighted by molar-refractivity contribution is 0.0819. The highest BCUT2D eigenvalue weighted by molar-refractivity contribution is 5.67. The first kappa shape index (κ1) is 26.6. The molecule has 7 nitrogen and oxygen atoms in total. The number of anilines is 2. The van der Waals surface area contributed by atoms with E-state index in [1.54, 1.807) is 24.9 Å². The molecule has 0 radical (unpaired) electrons. The lowest BCUT2D eigenvalue weighted by Gasteiger charge is -2.33. The summed E-state index contributed by atoms with van der Waals surface area (Å²) in [5.41, 5.74) is 3.48. The Kier molecular flexibility index (Phi) is 9.52. The number of hydrogen-bond donors (Lipinski definition) is 2. The van der Waals surface area contributed by atoms with Gasteiger partial charge in [0.05, 0.1) is 23.0 Å². The van der Waals surface area contributed by atoms with Gasteiger partial charge in [0.1, 0.15) is 17.7 Å². The van der Waals surface area contributed by atoms with Crippen LogP contribution in [0.25, 0.3) is 16.9 Å². The van der Waals surface area contributed by atoms with E-state index in [-0.39, 0.29) is 5.56 Å². The van der Waals surface area contributed by atoms with Crippen molar-refractivity contribution < 1.29 is 9.13 Å². The van der Waals surface area contributed by atoms with Gasteiger partial charge in [0.15, 0.2) is 0 Å². The third-order valence-electron chi connectivity index (χ3n) is 7.04. The highest BCUT2D eigenvalue weighted by Gasteiger charge is 2.19. The van der Waals surface area contributed by atoms with Gasteiger partial charge in [0, 0.05) is 44.6 Å². The van der Waals surface area contributed by atoms with Gasteiger partial charge in [-0.1, -0.05) is 18.9 Å². The zero-order valence-electron chi connectivity index (χ0n) is 21.8. The van der Waals surface area contributed by atoms with Gasteiger partial charge in [-0.15, -0.1) is 5.10 Å². The normalized spacial score (nSPS) is 16.3. The Balaban J connectivity index is 0.000000396. The monoisotopic (exact) mass is 504 g/mol. The molecule has 5 rings (SSSR count). The van der Waals surface area contributed by atoms with Gasteiger partial charge in [-0.25, -0.2) is 9.07 Å². The van der Waals surface area contributed by atoms with E-state index in [4.69, 9.17) is 10.00 Å². The smallest absolute Gasteiger partial charge is 0.148 e. The van der Waals surface area contributed by atoms with Crippen molar-refractivity contribution in [1.82, 2.24) is 15.1 Å². The zero-order chi connectivity index (χ0) is 26.0. The van der Waals surface area contributed by atoms with Gasteiger partial charge in [-0.3, -0.25) is 0 Å². The molecule has 196 valence electrons. The first-order valence-corrected chi connectivity index (χ1v) is 13.2. The Morgan fingerprint density at radius 2 is 1.68 bits per heavy atom. The molecule has 0 unspecified atom stereocenters. The molecule has 8 heteroatoms. The number of nitriles is 1. The molecule has 3 aromatic rings. The summed E-state index contributed by atoms with van der Waals surface area (Å²) in [6.07, 6.45) is 8.05. The van der Waals surface area contributed by atoms with E-state index in [2.05, 4.69) is 32.8 Å². The van der Waals surface area contributed by atoms with Gasteiger partial charge >= 0.3 is 0 Å². The van der Waals surface area contributed by atoms with Crippen LogP contribution < -0.4 is 15.5 Å². The Bertz CT molecular complexity index is 1160. The minimum absolute atomic E-state index is 0.0280. The molecule has 2 aromatic carbocycles. The molecule has 1 aromatic heterocycles. The second-order valence-corrected chi connectivity index (χ2v) is 9.49. The number of ether oxygens (including phenoxy) is 1. The van der Waals surface area contributed by atoms with Gasteiger partial charge in [-0.05, 0) is 75.2 Å². The van der Waals surface area contributed by atoms with Crippen LogP contribution in [0, 0.1) is 17.1 Å².